The van der Waals surface area contributed by atoms with Gasteiger partial charge in [0.1, 0.15) is 5.82 Å². The minimum absolute atomic E-state index is 0.0262. The molecular weight excluding hydrogens is 282 g/mol. The lowest BCUT2D eigenvalue weighted by Crippen LogP contribution is -2.42. The Balaban J connectivity index is 1.91. The summed E-state index contributed by atoms with van der Waals surface area (Å²) >= 11 is 0. The summed E-state index contributed by atoms with van der Waals surface area (Å²) in [6.45, 7) is 7.03. The zero-order valence-electron chi connectivity index (χ0n) is 13.6. The van der Waals surface area contributed by atoms with Gasteiger partial charge in [0.25, 0.3) is 0 Å². The molecule has 2 N–H and O–H groups in total. The maximum Gasteiger partial charge on any atom is 0.237 e. The van der Waals surface area contributed by atoms with Crippen LogP contribution in [0, 0.1) is 6.92 Å². The number of likely N-dealkylation sites (N-methyl/N-ethyl adjacent to an activating group) is 1. The van der Waals surface area contributed by atoms with Gasteiger partial charge in [-0.3, -0.25) is 9.69 Å². The number of hydrogen-bond donors (Lipinski definition) is 2. The molecule has 124 valence electrons. The molecule has 0 aromatic carbocycles. The molecule has 22 heavy (non-hydrogen) atoms. The summed E-state index contributed by atoms with van der Waals surface area (Å²) in [5.41, 5.74) is 0.898. The highest BCUT2D eigenvalue weighted by atomic mass is 16.3. The molecule has 1 amide bonds. The Kier molecular flexibility index (Phi) is 6.35. The number of aromatic amines is 1. The van der Waals surface area contributed by atoms with Crippen LogP contribution < -0.4 is 0 Å². The van der Waals surface area contributed by atoms with Crippen LogP contribution in [-0.4, -0.2) is 88.6 Å². The first-order valence-electron chi connectivity index (χ1n) is 7.88. The standard InChI is InChI=1S/C15H27N5O2/c1-13-16-10-14(17-13)11-20(8-9-21)15(22)12-19-5-3-4-18(2)6-7-19/h10,21H,3-9,11-12H2,1-2H3,(H,16,17). The van der Waals surface area contributed by atoms with Gasteiger partial charge in [0.2, 0.25) is 5.91 Å². The highest BCUT2D eigenvalue weighted by molar-refractivity contribution is 5.78. The van der Waals surface area contributed by atoms with Crippen LogP contribution in [0.15, 0.2) is 6.20 Å². The zero-order valence-corrected chi connectivity index (χ0v) is 13.6. The van der Waals surface area contributed by atoms with Crippen molar-refractivity contribution in [3.05, 3.63) is 17.7 Å². The Bertz CT molecular complexity index is 476. The van der Waals surface area contributed by atoms with E-state index < -0.39 is 0 Å². The second-order valence-electron chi connectivity index (χ2n) is 5.97. The SMILES string of the molecule is Cc1ncc(CN(CCO)C(=O)CN2CCCN(C)CC2)[nH]1. The smallest absolute Gasteiger partial charge is 0.237 e. The van der Waals surface area contributed by atoms with Crippen molar-refractivity contribution in [3.63, 3.8) is 0 Å². The van der Waals surface area contributed by atoms with Gasteiger partial charge < -0.3 is 19.9 Å². The van der Waals surface area contributed by atoms with Crippen LogP contribution >= 0.6 is 0 Å². The molecule has 1 aromatic rings. The lowest BCUT2D eigenvalue weighted by molar-refractivity contribution is -0.133. The molecular formula is C15H27N5O2. The van der Waals surface area contributed by atoms with E-state index in [-0.39, 0.29) is 12.5 Å². The lowest BCUT2D eigenvalue weighted by Gasteiger charge is -2.26. The number of aliphatic hydroxyl groups is 1. The van der Waals surface area contributed by atoms with Crippen LogP contribution in [0.1, 0.15) is 17.9 Å². The Hall–Kier alpha value is -1.44. The average Bonchev–Trinajstić information content (AvgIpc) is 2.78. The number of hydrogen-bond acceptors (Lipinski definition) is 5. The van der Waals surface area contributed by atoms with Crippen molar-refractivity contribution < 1.29 is 9.90 Å². The number of aliphatic hydroxyl groups excluding tert-OH is 1. The van der Waals surface area contributed by atoms with Gasteiger partial charge in [-0.1, -0.05) is 0 Å². The molecule has 0 atom stereocenters. The van der Waals surface area contributed by atoms with Gasteiger partial charge in [-0.05, 0) is 33.5 Å². The van der Waals surface area contributed by atoms with Gasteiger partial charge in [0.15, 0.2) is 0 Å². The minimum atomic E-state index is -0.0262. The summed E-state index contributed by atoms with van der Waals surface area (Å²) in [5, 5.41) is 9.21. The summed E-state index contributed by atoms with van der Waals surface area (Å²) in [7, 11) is 2.12. The lowest BCUT2D eigenvalue weighted by atomic mass is 10.3. The molecule has 0 saturated carbocycles. The molecule has 1 saturated heterocycles. The molecule has 0 aliphatic carbocycles. The van der Waals surface area contributed by atoms with E-state index in [2.05, 4.69) is 26.8 Å². The van der Waals surface area contributed by atoms with Crippen LogP contribution in [0.4, 0.5) is 0 Å². The van der Waals surface area contributed by atoms with Crippen LogP contribution in [0.3, 0.4) is 0 Å². The van der Waals surface area contributed by atoms with Gasteiger partial charge in [-0.2, -0.15) is 0 Å². The number of nitrogens with one attached hydrogen (secondary N) is 1. The predicted octanol–water partition coefficient (Wildman–Crippen LogP) is -0.323. The van der Waals surface area contributed by atoms with E-state index in [0.717, 1.165) is 44.1 Å². The van der Waals surface area contributed by atoms with Crippen LogP contribution in [0.5, 0.6) is 0 Å². The van der Waals surface area contributed by atoms with E-state index in [1.54, 1.807) is 11.1 Å². The van der Waals surface area contributed by atoms with E-state index in [1.165, 1.54) is 0 Å². The number of amides is 1. The first-order valence-corrected chi connectivity index (χ1v) is 7.88. The fourth-order valence-corrected chi connectivity index (χ4v) is 2.72. The fourth-order valence-electron chi connectivity index (χ4n) is 2.72. The van der Waals surface area contributed by atoms with Gasteiger partial charge in [0.05, 0.1) is 31.6 Å². The number of carbonyl (C=O) groups excluding carboxylic acids is 1. The van der Waals surface area contributed by atoms with E-state index in [1.807, 2.05) is 6.92 Å². The largest absolute Gasteiger partial charge is 0.395 e. The van der Waals surface area contributed by atoms with Gasteiger partial charge in [0, 0.05) is 19.6 Å². The van der Waals surface area contributed by atoms with Crippen molar-refractivity contribution in [2.45, 2.75) is 19.9 Å². The van der Waals surface area contributed by atoms with E-state index >= 15 is 0 Å². The highest BCUT2D eigenvalue weighted by Crippen LogP contribution is 2.06. The fraction of sp³-hybridized carbons (Fsp3) is 0.733. The number of imidazole rings is 1. The number of rotatable bonds is 6. The first kappa shape index (κ1) is 16.9. The van der Waals surface area contributed by atoms with Gasteiger partial charge >= 0.3 is 0 Å². The van der Waals surface area contributed by atoms with Crippen LogP contribution in [0.25, 0.3) is 0 Å². The molecule has 7 nitrogen and oxygen atoms in total. The van der Waals surface area contributed by atoms with Gasteiger partial charge in [-0.25, -0.2) is 4.98 Å². The van der Waals surface area contributed by atoms with Crippen molar-refractivity contribution in [2.75, 3.05) is 52.9 Å². The third-order valence-electron chi connectivity index (χ3n) is 4.01. The normalized spacial score (nSPS) is 17.4. The highest BCUT2D eigenvalue weighted by Gasteiger charge is 2.19. The molecule has 1 aromatic heterocycles. The van der Waals surface area contributed by atoms with Crippen molar-refractivity contribution in [3.8, 4) is 0 Å². The Morgan fingerprint density at radius 1 is 1.41 bits per heavy atom. The van der Waals surface area contributed by atoms with E-state index in [4.69, 9.17) is 0 Å². The quantitative estimate of drug-likeness (QED) is 0.753. The monoisotopic (exact) mass is 309 g/mol. The number of aromatic nitrogens is 2. The summed E-state index contributed by atoms with van der Waals surface area (Å²) in [4.78, 5) is 26.0. The molecule has 1 fully saturated rings. The summed E-state index contributed by atoms with van der Waals surface area (Å²) < 4.78 is 0. The number of carbonyl (C=O) groups is 1. The predicted molar refractivity (Wildman–Crippen MR) is 84.4 cm³/mol. The second kappa shape index (κ2) is 8.26. The van der Waals surface area contributed by atoms with Crippen molar-refractivity contribution in [1.82, 2.24) is 24.7 Å². The number of nitrogens with zero attached hydrogens (tertiary/aromatic N) is 4. The molecule has 7 heteroatoms. The average molecular weight is 309 g/mol. The summed E-state index contributed by atoms with van der Waals surface area (Å²) in [5.74, 6) is 0.896. The van der Waals surface area contributed by atoms with E-state index in [9.17, 15) is 9.90 Å². The number of aryl methyl sites for hydroxylation is 1. The van der Waals surface area contributed by atoms with Gasteiger partial charge in [-0.15, -0.1) is 0 Å². The molecule has 1 aliphatic rings. The summed E-state index contributed by atoms with van der Waals surface area (Å²) in [6.07, 6.45) is 2.83. The summed E-state index contributed by atoms with van der Waals surface area (Å²) in [6, 6.07) is 0. The Morgan fingerprint density at radius 2 is 2.23 bits per heavy atom. The second-order valence-corrected chi connectivity index (χ2v) is 5.97. The zero-order chi connectivity index (χ0) is 15.9. The topological polar surface area (TPSA) is 75.7 Å². The van der Waals surface area contributed by atoms with Crippen LogP contribution in [-0.2, 0) is 11.3 Å². The minimum Gasteiger partial charge on any atom is -0.395 e. The third-order valence-corrected chi connectivity index (χ3v) is 4.01. The maximum absolute atomic E-state index is 12.5. The number of H-pyrrole nitrogens is 1. The first-order chi connectivity index (χ1) is 10.6. The molecule has 0 spiro atoms. The molecule has 2 rings (SSSR count). The Morgan fingerprint density at radius 3 is 2.91 bits per heavy atom. The molecule has 0 unspecified atom stereocenters. The Labute approximate surface area is 131 Å². The van der Waals surface area contributed by atoms with Crippen molar-refractivity contribution in [1.29, 1.82) is 0 Å². The van der Waals surface area contributed by atoms with Crippen molar-refractivity contribution >= 4 is 5.91 Å². The van der Waals surface area contributed by atoms with Crippen molar-refractivity contribution in [2.24, 2.45) is 0 Å². The van der Waals surface area contributed by atoms with E-state index in [0.29, 0.717) is 19.6 Å². The molecule has 2 heterocycles. The molecule has 1 aliphatic heterocycles. The molecule has 0 radical (unpaired) electrons. The van der Waals surface area contributed by atoms with Crippen LogP contribution in [0.2, 0.25) is 0 Å². The maximum atomic E-state index is 12.5. The third kappa shape index (κ3) is 5.08. The molecule has 0 bridgehead atoms.